The molecule has 6 nitrogen and oxygen atoms in total. The lowest BCUT2D eigenvalue weighted by Gasteiger charge is -2.01. The first-order valence-electron chi connectivity index (χ1n) is 3.96. The van der Waals surface area contributed by atoms with Crippen LogP contribution < -0.4 is 0 Å². The molecule has 1 atom stereocenters. The smallest absolute Gasteiger partial charge is 0.345 e. The lowest BCUT2D eigenvalue weighted by atomic mass is 10.1. The Kier molecular flexibility index (Phi) is 2.97. The molecule has 0 radical (unpaired) electrons. The molecule has 1 heterocycles. The standard InChI is InChI=1S/C7H11N3O3/c1-5(11)2-3-6-4-8-9-7(6)10(12)13/h4-5,11H,2-3H2,1H3,(H,8,9). The Hall–Kier alpha value is -1.43. The number of H-pyrrole nitrogens is 1. The second-order valence-corrected chi connectivity index (χ2v) is 2.89. The number of nitrogens with zero attached hydrogens (tertiary/aromatic N) is 2. The minimum absolute atomic E-state index is 0.0827. The fourth-order valence-electron chi connectivity index (χ4n) is 1.01. The summed E-state index contributed by atoms with van der Waals surface area (Å²) in [4.78, 5) is 9.89. The summed E-state index contributed by atoms with van der Waals surface area (Å²) in [6.45, 7) is 1.64. The fourth-order valence-corrected chi connectivity index (χ4v) is 1.01. The summed E-state index contributed by atoms with van der Waals surface area (Å²) in [5.41, 5.74) is 0.533. The lowest BCUT2D eigenvalue weighted by Crippen LogP contribution is -2.02. The van der Waals surface area contributed by atoms with E-state index in [9.17, 15) is 10.1 Å². The van der Waals surface area contributed by atoms with Crippen LogP contribution in [0, 0.1) is 10.1 Å². The van der Waals surface area contributed by atoms with E-state index in [-0.39, 0.29) is 5.82 Å². The highest BCUT2D eigenvalue weighted by Crippen LogP contribution is 2.15. The van der Waals surface area contributed by atoms with E-state index in [0.29, 0.717) is 18.4 Å². The number of nitrogens with one attached hydrogen (secondary N) is 1. The molecular weight excluding hydrogens is 174 g/mol. The maximum Gasteiger partial charge on any atom is 0.345 e. The molecule has 13 heavy (non-hydrogen) atoms. The number of hydrogen-bond donors (Lipinski definition) is 2. The summed E-state index contributed by atoms with van der Waals surface area (Å²) < 4.78 is 0. The maximum absolute atomic E-state index is 10.4. The first-order valence-corrected chi connectivity index (χ1v) is 3.96. The highest BCUT2D eigenvalue weighted by atomic mass is 16.6. The molecule has 2 N–H and O–H groups in total. The van der Waals surface area contributed by atoms with Crippen molar-refractivity contribution < 1.29 is 10.0 Å². The van der Waals surface area contributed by atoms with E-state index in [1.807, 2.05) is 0 Å². The van der Waals surface area contributed by atoms with E-state index in [1.165, 1.54) is 6.20 Å². The Morgan fingerprint density at radius 2 is 2.54 bits per heavy atom. The van der Waals surface area contributed by atoms with Crippen LogP contribution in [0.3, 0.4) is 0 Å². The second kappa shape index (κ2) is 3.99. The van der Waals surface area contributed by atoms with Crippen molar-refractivity contribution in [1.29, 1.82) is 0 Å². The van der Waals surface area contributed by atoms with Gasteiger partial charge >= 0.3 is 5.82 Å². The summed E-state index contributed by atoms with van der Waals surface area (Å²) in [6.07, 6.45) is 1.93. The van der Waals surface area contributed by atoms with Crippen LogP contribution in [0.4, 0.5) is 5.82 Å². The molecular formula is C7H11N3O3. The SMILES string of the molecule is CC(O)CCc1cn[nH]c1[N+](=O)[O-]. The average molecular weight is 185 g/mol. The molecule has 1 aromatic rings. The van der Waals surface area contributed by atoms with Crippen LogP contribution in [0.2, 0.25) is 0 Å². The zero-order valence-electron chi connectivity index (χ0n) is 7.23. The van der Waals surface area contributed by atoms with Gasteiger partial charge in [-0.1, -0.05) is 5.10 Å². The third-order valence-electron chi connectivity index (χ3n) is 1.71. The molecule has 0 aliphatic heterocycles. The van der Waals surface area contributed by atoms with Crippen LogP contribution in [0.1, 0.15) is 18.9 Å². The van der Waals surface area contributed by atoms with Gasteiger partial charge in [0.2, 0.25) is 0 Å². The molecule has 0 bridgehead atoms. The van der Waals surface area contributed by atoms with Gasteiger partial charge in [0.05, 0.1) is 17.9 Å². The van der Waals surface area contributed by atoms with Gasteiger partial charge < -0.3 is 15.2 Å². The highest BCUT2D eigenvalue weighted by Gasteiger charge is 2.14. The van der Waals surface area contributed by atoms with Crippen molar-refractivity contribution in [2.24, 2.45) is 0 Å². The Morgan fingerprint density at radius 3 is 3.08 bits per heavy atom. The van der Waals surface area contributed by atoms with Gasteiger partial charge in [-0.3, -0.25) is 0 Å². The topological polar surface area (TPSA) is 92.1 Å². The molecule has 0 fully saturated rings. The maximum atomic E-state index is 10.4. The molecule has 1 unspecified atom stereocenters. The van der Waals surface area contributed by atoms with Gasteiger partial charge in [0.1, 0.15) is 0 Å². The van der Waals surface area contributed by atoms with E-state index in [0.717, 1.165) is 0 Å². The first-order chi connectivity index (χ1) is 6.11. The van der Waals surface area contributed by atoms with Crippen molar-refractivity contribution >= 4 is 5.82 Å². The van der Waals surface area contributed by atoms with Gasteiger partial charge in [-0.2, -0.15) is 0 Å². The molecule has 72 valence electrons. The summed E-state index contributed by atoms with van der Waals surface area (Å²) in [6, 6.07) is 0. The molecule has 0 aliphatic rings. The van der Waals surface area contributed by atoms with Crippen molar-refractivity contribution in [2.75, 3.05) is 0 Å². The molecule has 0 saturated carbocycles. The highest BCUT2D eigenvalue weighted by molar-refractivity contribution is 5.29. The van der Waals surface area contributed by atoms with Crippen LogP contribution in [-0.2, 0) is 6.42 Å². The van der Waals surface area contributed by atoms with E-state index >= 15 is 0 Å². The predicted molar refractivity (Wildman–Crippen MR) is 45.2 cm³/mol. The molecule has 1 aromatic heterocycles. The monoisotopic (exact) mass is 185 g/mol. The molecule has 1 rings (SSSR count). The lowest BCUT2D eigenvalue weighted by molar-refractivity contribution is -0.390. The third-order valence-corrected chi connectivity index (χ3v) is 1.71. The third kappa shape index (κ3) is 2.51. The normalized spacial score (nSPS) is 12.8. The van der Waals surface area contributed by atoms with Gasteiger partial charge in [0, 0.05) is 0 Å². The first kappa shape index (κ1) is 9.66. The molecule has 0 saturated heterocycles. The van der Waals surface area contributed by atoms with Crippen molar-refractivity contribution in [1.82, 2.24) is 10.2 Å². The van der Waals surface area contributed by atoms with Gasteiger partial charge in [-0.15, -0.1) is 5.10 Å². The summed E-state index contributed by atoms with van der Waals surface area (Å²) in [7, 11) is 0. The zero-order valence-corrected chi connectivity index (χ0v) is 7.23. The van der Waals surface area contributed by atoms with Gasteiger partial charge in [0.25, 0.3) is 0 Å². The van der Waals surface area contributed by atoms with E-state index < -0.39 is 11.0 Å². The number of hydrogen-bond acceptors (Lipinski definition) is 4. The quantitative estimate of drug-likeness (QED) is 0.531. The molecule has 0 aromatic carbocycles. The van der Waals surface area contributed by atoms with Gasteiger partial charge in [-0.05, 0) is 24.7 Å². The van der Waals surface area contributed by atoms with Crippen LogP contribution >= 0.6 is 0 Å². The Labute approximate surface area is 74.7 Å². The minimum atomic E-state index is -0.510. The van der Waals surface area contributed by atoms with Crippen LogP contribution in [0.5, 0.6) is 0 Å². The van der Waals surface area contributed by atoms with Crippen molar-refractivity contribution in [2.45, 2.75) is 25.9 Å². The predicted octanol–water partition coefficient (Wildman–Crippen LogP) is 0.631. The largest absolute Gasteiger partial charge is 0.393 e. The van der Waals surface area contributed by atoms with E-state index in [1.54, 1.807) is 6.92 Å². The van der Waals surface area contributed by atoms with Crippen LogP contribution in [0.25, 0.3) is 0 Å². The minimum Gasteiger partial charge on any atom is -0.393 e. The van der Waals surface area contributed by atoms with E-state index in [2.05, 4.69) is 10.2 Å². The van der Waals surface area contributed by atoms with Crippen LogP contribution in [0.15, 0.2) is 6.20 Å². The number of aromatic amines is 1. The number of aliphatic hydroxyl groups excluding tert-OH is 1. The Morgan fingerprint density at radius 1 is 1.85 bits per heavy atom. The van der Waals surface area contributed by atoms with Crippen molar-refractivity contribution in [3.63, 3.8) is 0 Å². The fraction of sp³-hybridized carbons (Fsp3) is 0.571. The van der Waals surface area contributed by atoms with E-state index in [4.69, 9.17) is 5.11 Å². The van der Waals surface area contributed by atoms with Gasteiger partial charge in [-0.25, -0.2) is 0 Å². The Balaban J connectivity index is 2.65. The number of nitro groups is 1. The molecule has 0 spiro atoms. The van der Waals surface area contributed by atoms with Crippen molar-refractivity contribution in [3.8, 4) is 0 Å². The number of aromatic nitrogens is 2. The van der Waals surface area contributed by atoms with Crippen molar-refractivity contribution in [3.05, 3.63) is 21.9 Å². The number of aryl methyl sites for hydroxylation is 1. The van der Waals surface area contributed by atoms with Gasteiger partial charge in [0.15, 0.2) is 0 Å². The summed E-state index contributed by atoms with van der Waals surface area (Å²) in [5.74, 6) is -0.0827. The second-order valence-electron chi connectivity index (χ2n) is 2.89. The number of rotatable bonds is 4. The molecule has 0 aliphatic carbocycles. The molecule has 0 amide bonds. The Bertz CT molecular complexity index is 295. The van der Waals surface area contributed by atoms with Crippen LogP contribution in [-0.4, -0.2) is 26.3 Å². The average Bonchev–Trinajstić information content (AvgIpc) is 2.47. The summed E-state index contributed by atoms with van der Waals surface area (Å²) >= 11 is 0. The summed E-state index contributed by atoms with van der Waals surface area (Å²) in [5, 5.41) is 25.3. The number of aliphatic hydroxyl groups is 1. The molecule has 6 heteroatoms. The zero-order chi connectivity index (χ0) is 9.84.